The third-order valence-electron chi connectivity index (χ3n) is 4.99. The molecule has 0 N–H and O–H groups in total. The highest BCUT2D eigenvalue weighted by Crippen LogP contribution is 2.43. The summed E-state index contributed by atoms with van der Waals surface area (Å²) < 4.78 is 0. The summed E-state index contributed by atoms with van der Waals surface area (Å²) in [5.74, 6) is 0.865. The molecular formula is C20H32Si. The Hall–Kier alpha value is -0.823. The van der Waals surface area contributed by atoms with Gasteiger partial charge in [0, 0.05) is 0 Å². The minimum atomic E-state index is -1.18. The molecule has 2 rings (SSSR count). The topological polar surface area (TPSA) is 0 Å². The molecule has 0 aromatic heterocycles. The average molecular weight is 301 g/mol. The van der Waals surface area contributed by atoms with Crippen molar-refractivity contribution < 1.29 is 0 Å². The fourth-order valence-corrected chi connectivity index (χ4v) is 5.48. The molecule has 1 aromatic rings. The SMILES string of the molecule is CCCCC(CC)CC1=CC([Si](C)(C)C)c2ccccc21. The monoisotopic (exact) mass is 300 g/mol. The van der Waals surface area contributed by atoms with Crippen molar-refractivity contribution in [2.75, 3.05) is 0 Å². The Bertz CT molecular complexity index is 493. The molecule has 0 spiro atoms. The Morgan fingerprint density at radius 3 is 2.43 bits per heavy atom. The zero-order valence-corrected chi connectivity index (χ0v) is 15.6. The summed E-state index contributed by atoms with van der Waals surface area (Å²) in [6.45, 7) is 12.2. The van der Waals surface area contributed by atoms with Crippen LogP contribution >= 0.6 is 0 Å². The molecule has 1 aromatic carbocycles. The molecule has 0 saturated carbocycles. The number of hydrogen-bond acceptors (Lipinski definition) is 0. The molecule has 2 atom stereocenters. The molecular weight excluding hydrogens is 268 g/mol. The molecule has 1 aliphatic rings. The molecule has 21 heavy (non-hydrogen) atoms. The summed E-state index contributed by atoms with van der Waals surface area (Å²) in [6.07, 6.45) is 9.33. The highest BCUT2D eigenvalue weighted by Gasteiger charge is 2.33. The molecule has 0 saturated heterocycles. The third-order valence-corrected chi connectivity index (χ3v) is 7.34. The van der Waals surface area contributed by atoms with Crippen molar-refractivity contribution in [3.63, 3.8) is 0 Å². The van der Waals surface area contributed by atoms with E-state index in [1.807, 2.05) is 0 Å². The maximum absolute atomic E-state index is 2.63. The van der Waals surface area contributed by atoms with E-state index in [1.54, 1.807) is 16.7 Å². The first kappa shape index (κ1) is 16.5. The molecule has 0 radical (unpaired) electrons. The largest absolute Gasteiger partial charge is 0.0759 e. The Kier molecular flexibility index (Phi) is 5.48. The maximum Gasteiger partial charge on any atom is 0.0566 e. The van der Waals surface area contributed by atoms with Crippen LogP contribution in [0.15, 0.2) is 30.3 Å². The van der Waals surface area contributed by atoms with Gasteiger partial charge in [0.15, 0.2) is 0 Å². The number of hydrogen-bond donors (Lipinski definition) is 0. The zero-order valence-electron chi connectivity index (χ0n) is 14.6. The van der Waals surface area contributed by atoms with Crippen molar-refractivity contribution in [3.8, 4) is 0 Å². The maximum atomic E-state index is 2.63. The van der Waals surface area contributed by atoms with Crippen LogP contribution in [-0.2, 0) is 0 Å². The van der Waals surface area contributed by atoms with Gasteiger partial charge >= 0.3 is 0 Å². The molecule has 2 unspecified atom stereocenters. The lowest BCUT2D eigenvalue weighted by Crippen LogP contribution is -2.28. The lowest BCUT2D eigenvalue weighted by Gasteiger charge is -2.24. The van der Waals surface area contributed by atoms with E-state index in [9.17, 15) is 0 Å². The Morgan fingerprint density at radius 2 is 1.81 bits per heavy atom. The smallest absolute Gasteiger partial charge is 0.0566 e. The van der Waals surface area contributed by atoms with Crippen molar-refractivity contribution in [3.05, 3.63) is 41.5 Å². The third kappa shape index (κ3) is 3.88. The van der Waals surface area contributed by atoms with Crippen LogP contribution in [0.25, 0.3) is 5.57 Å². The van der Waals surface area contributed by atoms with Crippen molar-refractivity contribution in [2.24, 2.45) is 5.92 Å². The summed E-state index contributed by atoms with van der Waals surface area (Å²) in [5.41, 5.74) is 5.52. The van der Waals surface area contributed by atoms with Gasteiger partial charge in [-0.2, -0.15) is 0 Å². The van der Waals surface area contributed by atoms with Gasteiger partial charge in [-0.3, -0.25) is 0 Å². The summed E-state index contributed by atoms with van der Waals surface area (Å²) in [4.78, 5) is 0. The molecule has 0 bridgehead atoms. The predicted molar refractivity (Wildman–Crippen MR) is 98.4 cm³/mol. The summed E-state index contributed by atoms with van der Waals surface area (Å²) in [5, 5.41) is 0. The van der Waals surface area contributed by atoms with E-state index in [0.717, 1.165) is 5.92 Å². The summed E-state index contributed by atoms with van der Waals surface area (Å²) >= 11 is 0. The molecule has 0 fully saturated rings. The van der Waals surface area contributed by atoms with Gasteiger partial charge in [-0.25, -0.2) is 0 Å². The van der Waals surface area contributed by atoms with Gasteiger partial charge in [0.1, 0.15) is 0 Å². The summed E-state index contributed by atoms with van der Waals surface area (Å²) in [7, 11) is -1.18. The molecule has 0 nitrogen and oxygen atoms in total. The van der Waals surface area contributed by atoms with Crippen LogP contribution in [0.1, 0.15) is 62.6 Å². The molecule has 0 aliphatic heterocycles. The van der Waals surface area contributed by atoms with Crippen LogP contribution in [0.5, 0.6) is 0 Å². The van der Waals surface area contributed by atoms with Crippen LogP contribution in [0.2, 0.25) is 19.6 Å². The van der Waals surface area contributed by atoms with E-state index < -0.39 is 8.07 Å². The average Bonchev–Trinajstić information content (AvgIpc) is 2.82. The zero-order chi connectivity index (χ0) is 15.5. The normalized spacial score (nSPS) is 19.3. The Balaban J connectivity index is 2.23. The van der Waals surface area contributed by atoms with Crippen LogP contribution in [-0.4, -0.2) is 8.07 Å². The van der Waals surface area contributed by atoms with Gasteiger partial charge in [0.05, 0.1) is 8.07 Å². The molecule has 0 heterocycles. The molecule has 116 valence electrons. The van der Waals surface area contributed by atoms with Gasteiger partial charge in [0.25, 0.3) is 0 Å². The lowest BCUT2D eigenvalue weighted by atomic mass is 9.90. The predicted octanol–water partition coefficient (Wildman–Crippen LogP) is 6.65. The van der Waals surface area contributed by atoms with Gasteiger partial charge in [0.2, 0.25) is 0 Å². The highest BCUT2D eigenvalue weighted by atomic mass is 28.3. The van der Waals surface area contributed by atoms with E-state index in [-0.39, 0.29) is 0 Å². The van der Waals surface area contributed by atoms with Crippen LogP contribution in [0.3, 0.4) is 0 Å². The van der Waals surface area contributed by atoms with E-state index >= 15 is 0 Å². The van der Waals surface area contributed by atoms with Gasteiger partial charge in [-0.05, 0) is 34.6 Å². The van der Waals surface area contributed by atoms with Crippen LogP contribution < -0.4 is 0 Å². The second-order valence-electron chi connectivity index (χ2n) is 7.74. The minimum absolute atomic E-state index is 0.715. The highest BCUT2D eigenvalue weighted by molar-refractivity contribution is 6.78. The second kappa shape index (κ2) is 6.96. The number of rotatable bonds is 7. The first-order chi connectivity index (χ1) is 9.97. The fraction of sp³-hybridized carbons (Fsp3) is 0.600. The van der Waals surface area contributed by atoms with Crippen molar-refractivity contribution in [1.29, 1.82) is 0 Å². The van der Waals surface area contributed by atoms with E-state index in [0.29, 0.717) is 5.54 Å². The molecule has 1 heteroatoms. The Labute approximate surface area is 132 Å². The first-order valence-electron chi connectivity index (χ1n) is 8.77. The van der Waals surface area contributed by atoms with Gasteiger partial charge in [-0.15, -0.1) is 0 Å². The van der Waals surface area contributed by atoms with Crippen molar-refractivity contribution in [1.82, 2.24) is 0 Å². The minimum Gasteiger partial charge on any atom is -0.0759 e. The molecule has 1 aliphatic carbocycles. The van der Waals surface area contributed by atoms with Crippen LogP contribution in [0, 0.1) is 5.92 Å². The second-order valence-corrected chi connectivity index (χ2v) is 13.1. The van der Waals surface area contributed by atoms with Gasteiger partial charge in [-0.1, -0.05) is 89.5 Å². The van der Waals surface area contributed by atoms with Crippen molar-refractivity contribution in [2.45, 2.75) is 71.1 Å². The molecule has 0 amide bonds. The van der Waals surface area contributed by atoms with Crippen molar-refractivity contribution >= 4 is 13.6 Å². The summed E-state index contributed by atoms with van der Waals surface area (Å²) in [6, 6.07) is 9.16. The Morgan fingerprint density at radius 1 is 1.10 bits per heavy atom. The number of unbranched alkanes of at least 4 members (excludes halogenated alkanes) is 1. The lowest BCUT2D eigenvalue weighted by molar-refractivity contribution is 0.461. The van der Waals surface area contributed by atoms with E-state index in [2.05, 4.69) is 63.8 Å². The number of benzene rings is 1. The van der Waals surface area contributed by atoms with E-state index in [1.165, 1.54) is 32.1 Å². The van der Waals surface area contributed by atoms with Gasteiger partial charge < -0.3 is 0 Å². The standard InChI is InChI=1S/C20H32Si/c1-6-8-11-16(7-2)14-17-15-20(21(3,4)5)19-13-10-9-12-18(17)19/h9-10,12-13,15-16,20H,6-8,11,14H2,1-5H3. The van der Waals surface area contributed by atoms with E-state index in [4.69, 9.17) is 0 Å². The first-order valence-corrected chi connectivity index (χ1v) is 12.3. The van der Waals surface area contributed by atoms with Crippen LogP contribution in [0.4, 0.5) is 0 Å². The fourth-order valence-electron chi connectivity index (χ4n) is 3.59. The number of allylic oxidation sites excluding steroid dienone is 2. The quantitative estimate of drug-likeness (QED) is 0.494. The number of fused-ring (bicyclic) bond motifs is 1.